The van der Waals surface area contributed by atoms with Crippen LogP contribution < -0.4 is 5.32 Å². The molecule has 0 atom stereocenters. The highest BCUT2D eigenvalue weighted by Crippen LogP contribution is 2.34. The minimum atomic E-state index is -3.03. The van der Waals surface area contributed by atoms with Gasteiger partial charge in [0.05, 0.1) is 18.2 Å². The number of ether oxygens (including phenoxy) is 1. The molecular formula is C11H13Cl2F2NO. The molecule has 1 aromatic rings. The Morgan fingerprint density at radius 3 is 2.65 bits per heavy atom. The summed E-state index contributed by atoms with van der Waals surface area (Å²) in [7, 11) is 1.51. The minimum Gasteiger partial charge on any atom is -0.383 e. The molecule has 6 heteroatoms. The van der Waals surface area contributed by atoms with Gasteiger partial charge in [-0.25, -0.2) is 0 Å². The average Bonchev–Trinajstić information content (AvgIpc) is 2.24. The summed E-state index contributed by atoms with van der Waals surface area (Å²) in [6.07, 6.45) is 0. The molecule has 96 valence electrons. The van der Waals surface area contributed by atoms with E-state index in [0.717, 1.165) is 0 Å². The lowest BCUT2D eigenvalue weighted by molar-refractivity contribution is -0.00403. The number of halogens is 4. The molecule has 0 saturated carbocycles. The first-order chi connectivity index (χ1) is 7.97. The summed E-state index contributed by atoms with van der Waals surface area (Å²) < 4.78 is 32.2. The Hall–Kier alpha value is -0.420. The highest BCUT2D eigenvalue weighted by atomic mass is 35.5. The maximum atomic E-state index is 13.7. The van der Waals surface area contributed by atoms with Crippen molar-refractivity contribution in [3.05, 3.63) is 33.8 Å². The van der Waals surface area contributed by atoms with Crippen LogP contribution in [0.25, 0.3) is 0 Å². The molecule has 0 bridgehead atoms. The highest BCUT2D eigenvalue weighted by Gasteiger charge is 2.33. The van der Waals surface area contributed by atoms with Gasteiger partial charge < -0.3 is 10.1 Å². The van der Waals surface area contributed by atoms with Crippen molar-refractivity contribution in [3.63, 3.8) is 0 Å². The summed E-state index contributed by atoms with van der Waals surface area (Å²) in [5.41, 5.74) is -0.228. The van der Waals surface area contributed by atoms with Gasteiger partial charge in [0, 0.05) is 24.2 Å². The highest BCUT2D eigenvalue weighted by molar-refractivity contribution is 6.35. The zero-order chi connectivity index (χ0) is 12.9. The molecule has 1 aromatic carbocycles. The van der Waals surface area contributed by atoms with Crippen LogP contribution in [0.4, 0.5) is 8.78 Å². The van der Waals surface area contributed by atoms with Crippen LogP contribution in [-0.4, -0.2) is 26.8 Å². The second-order valence-corrected chi connectivity index (χ2v) is 4.34. The van der Waals surface area contributed by atoms with Gasteiger partial charge in [0.25, 0.3) is 5.92 Å². The number of hydrogen-bond acceptors (Lipinski definition) is 2. The molecule has 0 aliphatic heterocycles. The van der Waals surface area contributed by atoms with Crippen LogP contribution in [0.5, 0.6) is 0 Å². The normalized spacial score (nSPS) is 11.8. The zero-order valence-electron chi connectivity index (χ0n) is 9.27. The van der Waals surface area contributed by atoms with E-state index in [2.05, 4.69) is 5.32 Å². The lowest BCUT2D eigenvalue weighted by Gasteiger charge is -2.18. The van der Waals surface area contributed by atoms with Crippen molar-refractivity contribution in [1.29, 1.82) is 0 Å². The zero-order valence-corrected chi connectivity index (χ0v) is 10.8. The topological polar surface area (TPSA) is 21.3 Å². The summed E-state index contributed by atoms with van der Waals surface area (Å²) in [5, 5.41) is 2.90. The molecule has 1 N–H and O–H groups in total. The Bertz CT molecular complexity index is 374. The molecule has 0 aliphatic carbocycles. The first-order valence-corrected chi connectivity index (χ1v) is 5.76. The second kappa shape index (κ2) is 6.50. The quantitative estimate of drug-likeness (QED) is 0.809. The number of nitrogens with one attached hydrogen (secondary N) is 1. The van der Waals surface area contributed by atoms with Crippen molar-refractivity contribution in [3.8, 4) is 0 Å². The predicted molar refractivity (Wildman–Crippen MR) is 65.1 cm³/mol. The third-order valence-electron chi connectivity index (χ3n) is 2.16. The minimum absolute atomic E-state index is 0.0314. The van der Waals surface area contributed by atoms with Crippen LogP contribution >= 0.6 is 23.2 Å². The van der Waals surface area contributed by atoms with Crippen molar-refractivity contribution in [1.82, 2.24) is 5.32 Å². The fraction of sp³-hybridized carbons (Fsp3) is 0.455. The van der Waals surface area contributed by atoms with Crippen LogP contribution in [0.15, 0.2) is 18.2 Å². The maximum absolute atomic E-state index is 13.7. The van der Waals surface area contributed by atoms with Gasteiger partial charge in [0.1, 0.15) is 0 Å². The van der Waals surface area contributed by atoms with E-state index in [0.29, 0.717) is 18.2 Å². The number of benzene rings is 1. The first-order valence-electron chi connectivity index (χ1n) is 5.00. The number of hydrogen-bond donors (Lipinski definition) is 1. The van der Waals surface area contributed by atoms with Crippen molar-refractivity contribution >= 4 is 23.2 Å². The van der Waals surface area contributed by atoms with Gasteiger partial charge in [-0.3, -0.25) is 0 Å². The van der Waals surface area contributed by atoms with Gasteiger partial charge in [0.15, 0.2) is 0 Å². The van der Waals surface area contributed by atoms with Gasteiger partial charge in [-0.05, 0) is 12.1 Å². The summed E-state index contributed by atoms with van der Waals surface area (Å²) in [5.74, 6) is -3.03. The Balaban J connectivity index is 2.68. The van der Waals surface area contributed by atoms with Crippen LogP contribution in [0.2, 0.25) is 10.0 Å². The van der Waals surface area contributed by atoms with E-state index in [4.69, 9.17) is 27.9 Å². The van der Waals surface area contributed by atoms with E-state index >= 15 is 0 Å². The van der Waals surface area contributed by atoms with Gasteiger partial charge in [-0.1, -0.05) is 29.3 Å². The van der Waals surface area contributed by atoms with Gasteiger partial charge in [0.2, 0.25) is 0 Å². The Kier molecular flexibility index (Phi) is 5.59. The summed E-state index contributed by atoms with van der Waals surface area (Å²) in [4.78, 5) is 0. The lowest BCUT2D eigenvalue weighted by atomic mass is 10.1. The standard InChI is InChI=1S/C11H13Cl2F2NO/c1-17-5-4-16-7-11(14,15)9-3-2-8(12)6-10(9)13/h2-3,6,16H,4-5,7H2,1H3. The smallest absolute Gasteiger partial charge is 0.286 e. The van der Waals surface area contributed by atoms with Gasteiger partial charge >= 0.3 is 0 Å². The van der Waals surface area contributed by atoms with Gasteiger partial charge in [-0.2, -0.15) is 8.78 Å². The van der Waals surface area contributed by atoms with E-state index < -0.39 is 12.5 Å². The molecule has 0 radical (unpaired) electrons. The third-order valence-corrected chi connectivity index (χ3v) is 2.70. The predicted octanol–water partition coefficient (Wildman–Crippen LogP) is 3.32. The van der Waals surface area contributed by atoms with Crippen LogP contribution in [0, 0.1) is 0 Å². The van der Waals surface area contributed by atoms with E-state index in [1.54, 1.807) is 0 Å². The molecule has 0 aromatic heterocycles. The molecule has 0 unspecified atom stereocenters. The van der Waals surface area contributed by atoms with E-state index in [1.165, 1.54) is 25.3 Å². The average molecular weight is 284 g/mol. The number of rotatable bonds is 6. The van der Waals surface area contributed by atoms with E-state index in [-0.39, 0.29) is 10.6 Å². The van der Waals surface area contributed by atoms with Crippen molar-refractivity contribution < 1.29 is 13.5 Å². The largest absolute Gasteiger partial charge is 0.383 e. The van der Waals surface area contributed by atoms with Gasteiger partial charge in [-0.15, -0.1) is 0 Å². The number of alkyl halides is 2. The molecule has 0 heterocycles. The van der Waals surface area contributed by atoms with Crippen LogP contribution in [0.1, 0.15) is 5.56 Å². The van der Waals surface area contributed by atoms with Crippen LogP contribution in [-0.2, 0) is 10.7 Å². The fourth-order valence-corrected chi connectivity index (χ4v) is 1.85. The Morgan fingerprint density at radius 2 is 2.06 bits per heavy atom. The second-order valence-electron chi connectivity index (χ2n) is 3.50. The molecule has 0 spiro atoms. The van der Waals surface area contributed by atoms with Crippen molar-refractivity contribution in [2.75, 3.05) is 26.8 Å². The molecule has 0 fully saturated rings. The van der Waals surface area contributed by atoms with Crippen LogP contribution in [0.3, 0.4) is 0 Å². The van der Waals surface area contributed by atoms with Crippen molar-refractivity contribution in [2.45, 2.75) is 5.92 Å². The van der Waals surface area contributed by atoms with E-state index in [9.17, 15) is 8.78 Å². The number of methoxy groups -OCH3 is 1. The summed E-state index contributed by atoms with van der Waals surface area (Å²) >= 11 is 11.4. The molecule has 0 saturated heterocycles. The Morgan fingerprint density at radius 1 is 1.35 bits per heavy atom. The summed E-state index contributed by atoms with van der Waals surface area (Å²) in [6.45, 7) is 0.249. The summed E-state index contributed by atoms with van der Waals surface area (Å²) in [6, 6.07) is 3.94. The lowest BCUT2D eigenvalue weighted by Crippen LogP contribution is -2.32. The monoisotopic (exact) mass is 283 g/mol. The molecule has 0 amide bonds. The molecule has 1 rings (SSSR count). The van der Waals surface area contributed by atoms with Crippen molar-refractivity contribution in [2.24, 2.45) is 0 Å². The SMILES string of the molecule is COCCNCC(F)(F)c1ccc(Cl)cc1Cl. The first kappa shape index (κ1) is 14.6. The Labute approximate surface area is 109 Å². The molecule has 0 aliphatic rings. The third kappa shape index (κ3) is 4.39. The molecular weight excluding hydrogens is 271 g/mol. The molecule has 2 nitrogen and oxygen atoms in total. The maximum Gasteiger partial charge on any atom is 0.286 e. The fourth-order valence-electron chi connectivity index (χ4n) is 1.30. The van der Waals surface area contributed by atoms with E-state index in [1.807, 2.05) is 0 Å². The molecule has 17 heavy (non-hydrogen) atoms.